The van der Waals surface area contributed by atoms with E-state index in [1.165, 1.54) is 88.0 Å². The van der Waals surface area contributed by atoms with Gasteiger partial charge >= 0.3 is 0 Å². The first-order valence-electron chi connectivity index (χ1n) is 21.9. The van der Waals surface area contributed by atoms with Crippen molar-refractivity contribution < 1.29 is 0 Å². The van der Waals surface area contributed by atoms with Crippen LogP contribution in [0.2, 0.25) is 0 Å². The maximum atomic E-state index is 2.57. The van der Waals surface area contributed by atoms with E-state index in [4.69, 9.17) is 0 Å². The van der Waals surface area contributed by atoms with Crippen molar-refractivity contribution in [1.29, 1.82) is 0 Å². The Labute approximate surface area is 368 Å². The van der Waals surface area contributed by atoms with Crippen molar-refractivity contribution in [1.82, 2.24) is 0 Å². The molecule has 2 heteroatoms. The maximum Gasteiger partial charge on any atom is 0.0618 e. The minimum atomic E-state index is -0.233. The molecule has 0 radical (unpaired) electrons. The fourth-order valence-electron chi connectivity index (χ4n) is 10.3. The van der Waals surface area contributed by atoms with Gasteiger partial charge in [0, 0.05) is 33.1 Å². The highest BCUT2D eigenvalue weighted by Gasteiger charge is 2.38. The first-order valence-corrected chi connectivity index (χ1v) is 21.9. The quantitative estimate of drug-likeness (QED) is 0.165. The van der Waals surface area contributed by atoms with Crippen LogP contribution in [0.15, 0.2) is 231 Å². The van der Waals surface area contributed by atoms with E-state index >= 15 is 0 Å². The van der Waals surface area contributed by atoms with Gasteiger partial charge in [-0.2, -0.15) is 0 Å². The molecule has 0 aromatic heterocycles. The third-order valence-corrected chi connectivity index (χ3v) is 13.4. The molecule has 12 rings (SSSR count). The van der Waals surface area contributed by atoms with E-state index < -0.39 is 0 Å². The molecule has 1 aliphatic heterocycles. The molecule has 0 amide bonds. The van der Waals surface area contributed by atoms with Crippen LogP contribution in [0.1, 0.15) is 25.0 Å². The number of benzene rings is 11. The van der Waals surface area contributed by atoms with Crippen LogP contribution in [0.3, 0.4) is 0 Å². The second-order valence-corrected chi connectivity index (χ2v) is 17.3. The summed E-state index contributed by atoms with van der Waals surface area (Å²) < 4.78 is 0. The van der Waals surface area contributed by atoms with E-state index in [0.717, 1.165) is 22.6 Å². The predicted molar refractivity (Wildman–Crippen MR) is 269 cm³/mol. The van der Waals surface area contributed by atoms with Gasteiger partial charge < -0.3 is 9.80 Å². The Hall–Kier alpha value is -7.94. The lowest BCUT2D eigenvalue weighted by molar-refractivity contribution is 0.632. The summed E-state index contributed by atoms with van der Waals surface area (Å²) in [4.78, 5) is 5.00. The Bertz CT molecular complexity index is 3570. The van der Waals surface area contributed by atoms with Crippen LogP contribution < -0.4 is 9.80 Å². The highest BCUT2D eigenvalue weighted by Crippen LogP contribution is 2.56. The maximum absolute atomic E-state index is 2.57. The van der Waals surface area contributed by atoms with Gasteiger partial charge in [-0.15, -0.1) is 0 Å². The van der Waals surface area contributed by atoms with Gasteiger partial charge in [-0.25, -0.2) is 0 Å². The number of nitrogens with zero attached hydrogens (tertiary/aromatic N) is 2. The van der Waals surface area contributed by atoms with E-state index in [2.05, 4.69) is 254 Å². The lowest BCUT2D eigenvalue weighted by Crippen LogP contribution is -2.31. The number of anilines is 6. The monoisotopic (exact) mass is 804 g/mol. The molecule has 298 valence electrons. The third-order valence-electron chi connectivity index (χ3n) is 13.4. The van der Waals surface area contributed by atoms with Crippen molar-refractivity contribution in [2.24, 2.45) is 0 Å². The molecule has 0 saturated carbocycles. The Kier molecular flexibility index (Phi) is 8.55. The molecular weight excluding hydrogens is 761 g/mol. The standard InChI is InChI=1S/C61H44N2/c1-61(2)55-29-11-12-30-58(55)63(59-40-47(34-37-56(59)61)51-28-14-21-42-17-5-8-25-50(42)51)60-53-27-10-7-19-44(53)33-36-54(60)46-23-13-24-48(39-46)62(49-35-32-41-16-3-4-20-45(41)38-49)57-31-15-22-43-18-6-9-26-52(43)57/h3-40H,1-2H3. The zero-order chi connectivity index (χ0) is 42.1. The molecule has 1 aliphatic rings. The Morgan fingerprint density at radius 1 is 0.349 bits per heavy atom. The van der Waals surface area contributed by atoms with E-state index in [1.54, 1.807) is 0 Å². The smallest absolute Gasteiger partial charge is 0.0618 e. The Morgan fingerprint density at radius 3 is 1.75 bits per heavy atom. The summed E-state index contributed by atoms with van der Waals surface area (Å²) in [5.41, 5.74) is 14.1. The lowest BCUT2D eigenvalue weighted by Gasteiger charge is -2.43. The molecule has 11 aromatic carbocycles. The Morgan fingerprint density at radius 2 is 0.921 bits per heavy atom. The number of fused-ring (bicyclic) bond motifs is 6. The number of hydrogen-bond donors (Lipinski definition) is 0. The molecule has 0 N–H and O–H groups in total. The van der Waals surface area contributed by atoms with Crippen molar-refractivity contribution in [3.05, 3.63) is 242 Å². The SMILES string of the molecule is CC1(C)c2ccccc2N(c2c(-c3cccc(N(c4ccc5ccccc5c4)c4cccc5ccccc45)c3)ccc3ccccc23)c2cc(-c3cccc4ccccc34)ccc21. The summed E-state index contributed by atoms with van der Waals surface area (Å²) in [6, 6.07) is 85.0. The van der Waals surface area contributed by atoms with Crippen LogP contribution in [0.25, 0.3) is 65.3 Å². The molecule has 1 heterocycles. The van der Waals surface area contributed by atoms with Crippen LogP contribution in [-0.4, -0.2) is 0 Å². The lowest BCUT2D eigenvalue weighted by atomic mass is 9.73. The summed E-state index contributed by atoms with van der Waals surface area (Å²) in [6.07, 6.45) is 0. The number of rotatable bonds is 6. The average molecular weight is 805 g/mol. The van der Waals surface area contributed by atoms with Crippen LogP contribution in [-0.2, 0) is 5.41 Å². The van der Waals surface area contributed by atoms with Gasteiger partial charge in [-0.3, -0.25) is 0 Å². The van der Waals surface area contributed by atoms with Gasteiger partial charge in [0.15, 0.2) is 0 Å². The van der Waals surface area contributed by atoms with Gasteiger partial charge in [-0.1, -0.05) is 202 Å². The first-order chi connectivity index (χ1) is 31.0. The van der Waals surface area contributed by atoms with Crippen molar-refractivity contribution in [2.45, 2.75) is 19.3 Å². The largest absolute Gasteiger partial charge is 0.310 e. The molecule has 0 bridgehead atoms. The molecule has 63 heavy (non-hydrogen) atoms. The van der Waals surface area contributed by atoms with Crippen molar-refractivity contribution >= 4 is 77.2 Å². The predicted octanol–water partition coefficient (Wildman–Crippen LogP) is 17.2. The summed E-state index contributed by atoms with van der Waals surface area (Å²) in [6.45, 7) is 4.75. The topological polar surface area (TPSA) is 6.48 Å². The summed E-state index contributed by atoms with van der Waals surface area (Å²) in [7, 11) is 0. The number of hydrogen-bond acceptors (Lipinski definition) is 2. The zero-order valence-corrected chi connectivity index (χ0v) is 35.3. The molecule has 2 nitrogen and oxygen atoms in total. The van der Waals surface area contributed by atoms with Crippen LogP contribution in [0.4, 0.5) is 34.1 Å². The fourth-order valence-corrected chi connectivity index (χ4v) is 10.3. The molecule has 11 aromatic rings. The number of para-hydroxylation sites is 1. The van der Waals surface area contributed by atoms with E-state index in [-0.39, 0.29) is 5.41 Å². The van der Waals surface area contributed by atoms with Crippen molar-refractivity contribution in [3.8, 4) is 22.3 Å². The second kappa shape index (κ2) is 14.6. The average Bonchev–Trinajstić information content (AvgIpc) is 3.34. The fraction of sp³-hybridized carbons (Fsp3) is 0.0492. The second-order valence-electron chi connectivity index (χ2n) is 17.3. The third kappa shape index (κ3) is 6.02. The van der Waals surface area contributed by atoms with Gasteiger partial charge in [0.2, 0.25) is 0 Å². The van der Waals surface area contributed by atoms with Crippen molar-refractivity contribution in [3.63, 3.8) is 0 Å². The van der Waals surface area contributed by atoms with Gasteiger partial charge in [0.05, 0.1) is 22.7 Å². The van der Waals surface area contributed by atoms with E-state index in [0.29, 0.717) is 0 Å². The van der Waals surface area contributed by atoms with Gasteiger partial charge in [-0.05, 0) is 103 Å². The summed E-state index contributed by atoms with van der Waals surface area (Å²) in [5, 5.41) is 9.76. The molecule has 0 fully saturated rings. The molecule has 0 unspecified atom stereocenters. The Balaban J connectivity index is 1.11. The van der Waals surface area contributed by atoms with Crippen LogP contribution in [0, 0.1) is 0 Å². The molecule has 0 spiro atoms. The minimum absolute atomic E-state index is 0.233. The van der Waals surface area contributed by atoms with Crippen molar-refractivity contribution in [2.75, 3.05) is 9.80 Å². The molecule has 0 saturated heterocycles. The zero-order valence-electron chi connectivity index (χ0n) is 35.3. The molecule has 0 aliphatic carbocycles. The summed E-state index contributed by atoms with van der Waals surface area (Å²) in [5.74, 6) is 0. The van der Waals surface area contributed by atoms with Crippen LogP contribution in [0.5, 0.6) is 0 Å². The van der Waals surface area contributed by atoms with Gasteiger partial charge in [0.1, 0.15) is 0 Å². The normalized spacial score (nSPS) is 13.0. The highest BCUT2D eigenvalue weighted by atomic mass is 15.2. The summed E-state index contributed by atoms with van der Waals surface area (Å²) >= 11 is 0. The van der Waals surface area contributed by atoms with Gasteiger partial charge in [0.25, 0.3) is 0 Å². The van der Waals surface area contributed by atoms with Crippen LogP contribution >= 0.6 is 0 Å². The van der Waals surface area contributed by atoms with E-state index in [1.807, 2.05) is 0 Å². The molecular formula is C61H44N2. The van der Waals surface area contributed by atoms with E-state index in [9.17, 15) is 0 Å². The minimum Gasteiger partial charge on any atom is -0.310 e. The first kappa shape index (κ1) is 36.9. The highest BCUT2D eigenvalue weighted by molar-refractivity contribution is 6.09. The molecule has 0 atom stereocenters.